The fourth-order valence-electron chi connectivity index (χ4n) is 3.65. The lowest BCUT2D eigenvalue weighted by atomic mass is 9.79. The zero-order valence-corrected chi connectivity index (χ0v) is 16.0. The van der Waals surface area contributed by atoms with Crippen molar-refractivity contribution in [1.82, 2.24) is 9.55 Å². The first-order valence-corrected chi connectivity index (χ1v) is 9.53. The van der Waals surface area contributed by atoms with Crippen molar-refractivity contribution in [2.75, 3.05) is 6.61 Å². The van der Waals surface area contributed by atoms with Gasteiger partial charge in [-0.1, -0.05) is 54.6 Å². The summed E-state index contributed by atoms with van der Waals surface area (Å²) >= 11 is 0. The number of fused-ring (bicyclic) bond motifs is 1. The lowest BCUT2D eigenvalue weighted by Gasteiger charge is -2.15. The first kappa shape index (κ1) is 17.2. The second-order valence-corrected chi connectivity index (χ2v) is 7.74. The molecule has 0 amide bonds. The summed E-state index contributed by atoms with van der Waals surface area (Å²) in [4.78, 5) is 4.91. The van der Waals surface area contributed by atoms with E-state index in [1.807, 2.05) is 44.2 Å². The molecule has 1 aromatic heterocycles. The van der Waals surface area contributed by atoms with Crippen LogP contribution in [0.1, 0.15) is 13.8 Å². The predicted molar refractivity (Wildman–Crippen MR) is 113 cm³/mol. The smallest absolute Gasteiger partial charge is 0.404 e. The molecule has 1 saturated heterocycles. The molecule has 1 aliphatic heterocycles. The van der Waals surface area contributed by atoms with Gasteiger partial charge in [-0.2, -0.15) is 0 Å². The number of nitrogens with zero attached hydrogens (tertiary/aromatic N) is 2. The quantitative estimate of drug-likeness (QED) is 0.508. The first-order chi connectivity index (χ1) is 13.6. The van der Waals surface area contributed by atoms with Crippen molar-refractivity contribution in [3.05, 3.63) is 78.9 Å². The molecule has 4 aromatic rings. The van der Waals surface area contributed by atoms with Crippen LogP contribution in [0.3, 0.4) is 0 Å². The van der Waals surface area contributed by atoms with Crippen LogP contribution in [0.25, 0.3) is 28.1 Å². The monoisotopic (exact) mass is 368 g/mol. The SMILES string of the molecule is CC1(C)COB(c2ccc(-c3nc4ccccc4n3-c3ccccc3)cc2)O1. The Morgan fingerprint density at radius 1 is 0.893 bits per heavy atom. The van der Waals surface area contributed by atoms with Crippen molar-refractivity contribution in [3.8, 4) is 17.1 Å². The van der Waals surface area contributed by atoms with Crippen LogP contribution in [0.2, 0.25) is 0 Å². The number of aromatic nitrogens is 2. The summed E-state index contributed by atoms with van der Waals surface area (Å²) in [6, 6.07) is 26.9. The fourth-order valence-corrected chi connectivity index (χ4v) is 3.65. The van der Waals surface area contributed by atoms with E-state index in [9.17, 15) is 0 Å². The highest BCUT2D eigenvalue weighted by Gasteiger charge is 2.38. The van der Waals surface area contributed by atoms with Crippen molar-refractivity contribution < 1.29 is 9.31 Å². The number of benzene rings is 3. The highest BCUT2D eigenvalue weighted by Crippen LogP contribution is 2.28. The Morgan fingerprint density at radius 3 is 2.32 bits per heavy atom. The van der Waals surface area contributed by atoms with Crippen LogP contribution < -0.4 is 5.46 Å². The lowest BCUT2D eigenvalue weighted by molar-refractivity contribution is 0.137. The molecule has 0 atom stereocenters. The van der Waals surface area contributed by atoms with Gasteiger partial charge < -0.3 is 9.31 Å². The molecule has 1 fully saturated rings. The molecule has 28 heavy (non-hydrogen) atoms. The van der Waals surface area contributed by atoms with Gasteiger partial charge in [0.05, 0.1) is 23.2 Å². The van der Waals surface area contributed by atoms with E-state index in [2.05, 4.69) is 53.1 Å². The molecule has 2 heterocycles. The molecule has 3 aromatic carbocycles. The molecule has 0 unspecified atom stereocenters. The Morgan fingerprint density at radius 2 is 1.61 bits per heavy atom. The van der Waals surface area contributed by atoms with Crippen molar-refractivity contribution in [2.24, 2.45) is 0 Å². The van der Waals surface area contributed by atoms with Crippen LogP contribution in [0.4, 0.5) is 0 Å². The third-order valence-electron chi connectivity index (χ3n) is 5.02. The number of hydrogen-bond donors (Lipinski definition) is 0. The molecule has 0 radical (unpaired) electrons. The van der Waals surface area contributed by atoms with Crippen LogP contribution in [0, 0.1) is 0 Å². The van der Waals surface area contributed by atoms with E-state index in [1.165, 1.54) is 0 Å². The van der Waals surface area contributed by atoms with Gasteiger partial charge in [-0.15, -0.1) is 0 Å². The normalized spacial score (nSPS) is 16.0. The average Bonchev–Trinajstić information content (AvgIpc) is 3.29. The maximum Gasteiger partial charge on any atom is 0.494 e. The van der Waals surface area contributed by atoms with Crippen molar-refractivity contribution in [3.63, 3.8) is 0 Å². The molecule has 0 bridgehead atoms. The van der Waals surface area contributed by atoms with E-state index in [-0.39, 0.29) is 12.7 Å². The van der Waals surface area contributed by atoms with E-state index in [0.717, 1.165) is 33.6 Å². The molecule has 138 valence electrons. The predicted octanol–water partition coefficient (Wildman–Crippen LogP) is 4.21. The van der Waals surface area contributed by atoms with Crippen LogP contribution in [0.15, 0.2) is 78.9 Å². The number of para-hydroxylation sites is 3. The Balaban J connectivity index is 1.58. The van der Waals surface area contributed by atoms with Crippen molar-refractivity contribution in [2.45, 2.75) is 19.4 Å². The van der Waals surface area contributed by atoms with Crippen molar-refractivity contribution >= 4 is 23.6 Å². The fraction of sp³-hybridized carbons (Fsp3) is 0.174. The molecule has 5 heteroatoms. The molecular formula is C23H21BN2O2. The van der Waals surface area contributed by atoms with Gasteiger partial charge >= 0.3 is 7.12 Å². The Bertz CT molecular complexity index is 1120. The topological polar surface area (TPSA) is 36.3 Å². The van der Waals surface area contributed by atoms with Gasteiger partial charge in [-0.05, 0) is 43.6 Å². The maximum absolute atomic E-state index is 5.98. The summed E-state index contributed by atoms with van der Waals surface area (Å²) in [5.74, 6) is 0.924. The summed E-state index contributed by atoms with van der Waals surface area (Å²) in [6.07, 6.45) is 0. The second-order valence-electron chi connectivity index (χ2n) is 7.74. The van der Waals surface area contributed by atoms with Crippen LogP contribution in [0.5, 0.6) is 0 Å². The average molecular weight is 368 g/mol. The van der Waals surface area contributed by atoms with Crippen LogP contribution in [-0.2, 0) is 9.31 Å². The van der Waals surface area contributed by atoms with Gasteiger partial charge in [0.2, 0.25) is 0 Å². The lowest BCUT2D eigenvalue weighted by Crippen LogP contribution is -2.34. The minimum atomic E-state index is -0.308. The highest BCUT2D eigenvalue weighted by atomic mass is 16.7. The molecule has 0 aliphatic carbocycles. The third kappa shape index (κ3) is 3.03. The largest absolute Gasteiger partial charge is 0.494 e. The summed E-state index contributed by atoms with van der Waals surface area (Å²) in [7, 11) is -0.308. The molecule has 5 rings (SSSR count). The van der Waals surface area contributed by atoms with E-state index < -0.39 is 0 Å². The minimum Gasteiger partial charge on any atom is -0.404 e. The molecule has 0 spiro atoms. The van der Waals surface area contributed by atoms with E-state index in [0.29, 0.717) is 6.61 Å². The van der Waals surface area contributed by atoms with E-state index >= 15 is 0 Å². The molecular weight excluding hydrogens is 347 g/mol. The highest BCUT2D eigenvalue weighted by molar-refractivity contribution is 6.61. The minimum absolute atomic E-state index is 0.245. The Labute approximate surface area is 164 Å². The standard InChI is InChI=1S/C23H21BN2O2/c1-23(2)16-27-24(28-23)18-14-12-17(13-15-18)22-25-20-10-6-7-11-21(20)26(22)19-8-4-3-5-9-19/h3-15H,16H2,1-2H3. The van der Waals surface area contributed by atoms with Gasteiger partial charge in [-0.3, -0.25) is 4.57 Å². The van der Waals surface area contributed by atoms with Gasteiger partial charge in [0.25, 0.3) is 0 Å². The van der Waals surface area contributed by atoms with Crippen LogP contribution in [-0.4, -0.2) is 28.9 Å². The zero-order chi connectivity index (χ0) is 19.1. The van der Waals surface area contributed by atoms with Gasteiger partial charge in [0, 0.05) is 11.3 Å². The number of hydrogen-bond acceptors (Lipinski definition) is 3. The van der Waals surface area contributed by atoms with Crippen LogP contribution >= 0.6 is 0 Å². The third-order valence-corrected chi connectivity index (χ3v) is 5.02. The first-order valence-electron chi connectivity index (χ1n) is 9.53. The van der Waals surface area contributed by atoms with E-state index in [1.54, 1.807) is 0 Å². The summed E-state index contributed by atoms with van der Waals surface area (Å²) in [5, 5.41) is 0. The number of imidazole rings is 1. The molecule has 1 aliphatic rings. The zero-order valence-electron chi connectivity index (χ0n) is 16.0. The van der Waals surface area contributed by atoms with E-state index in [4.69, 9.17) is 14.3 Å². The summed E-state index contributed by atoms with van der Waals surface area (Å²) < 4.78 is 14.0. The van der Waals surface area contributed by atoms with Gasteiger partial charge in [0.1, 0.15) is 5.82 Å². The van der Waals surface area contributed by atoms with Gasteiger partial charge in [0.15, 0.2) is 0 Å². The second kappa shape index (κ2) is 6.62. The van der Waals surface area contributed by atoms with Gasteiger partial charge in [-0.25, -0.2) is 4.98 Å². The number of rotatable bonds is 3. The molecule has 0 N–H and O–H groups in total. The Hall–Kier alpha value is -2.89. The Kier molecular flexibility index (Phi) is 4.07. The molecule has 4 nitrogen and oxygen atoms in total. The maximum atomic E-state index is 5.98. The van der Waals surface area contributed by atoms with Crippen molar-refractivity contribution in [1.29, 1.82) is 0 Å². The molecule has 0 saturated carbocycles. The summed E-state index contributed by atoms with van der Waals surface area (Å²) in [5.41, 5.74) is 5.01. The summed E-state index contributed by atoms with van der Waals surface area (Å²) in [6.45, 7) is 4.69.